The number of ether oxygens (including phenoxy) is 2. The zero-order chi connectivity index (χ0) is 13.4. The van der Waals surface area contributed by atoms with Gasteiger partial charge in [0.2, 0.25) is 0 Å². The number of hydrogen-bond donors (Lipinski definition) is 1. The van der Waals surface area contributed by atoms with Gasteiger partial charge in [-0.1, -0.05) is 12.1 Å². The van der Waals surface area contributed by atoms with Gasteiger partial charge in [-0.2, -0.15) is 0 Å². The van der Waals surface area contributed by atoms with Crippen LogP contribution in [0.15, 0.2) is 24.3 Å². The van der Waals surface area contributed by atoms with Gasteiger partial charge < -0.3 is 19.5 Å². The van der Waals surface area contributed by atoms with Crippen molar-refractivity contribution in [3.05, 3.63) is 24.3 Å². The molecule has 0 saturated heterocycles. The first-order chi connectivity index (χ1) is 8.69. The van der Waals surface area contributed by atoms with Gasteiger partial charge in [0.25, 0.3) is 5.91 Å². The number of benzene rings is 1. The number of para-hydroxylation sites is 2. The van der Waals surface area contributed by atoms with Crippen LogP contribution < -0.4 is 9.47 Å². The van der Waals surface area contributed by atoms with Crippen LogP contribution in [0.5, 0.6) is 11.5 Å². The maximum atomic E-state index is 11.6. The maximum absolute atomic E-state index is 11.6. The summed E-state index contributed by atoms with van der Waals surface area (Å²) in [6, 6.07) is 7.21. The Labute approximate surface area is 107 Å². The number of hydrogen-bond acceptors (Lipinski definition) is 4. The molecular formula is C13H19NO4. The van der Waals surface area contributed by atoms with E-state index in [4.69, 9.17) is 14.6 Å². The summed E-state index contributed by atoms with van der Waals surface area (Å²) in [7, 11) is 1.62. The van der Waals surface area contributed by atoms with E-state index in [9.17, 15) is 4.79 Å². The first-order valence-electron chi connectivity index (χ1n) is 5.88. The molecule has 0 heterocycles. The third-order valence-electron chi connectivity index (χ3n) is 2.36. The molecule has 0 spiro atoms. The van der Waals surface area contributed by atoms with Crippen molar-refractivity contribution in [1.82, 2.24) is 4.90 Å². The summed E-state index contributed by atoms with van der Waals surface area (Å²) >= 11 is 0. The van der Waals surface area contributed by atoms with Gasteiger partial charge in [0.05, 0.1) is 13.2 Å². The van der Waals surface area contributed by atoms with Crippen molar-refractivity contribution in [2.75, 3.05) is 33.4 Å². The van der Waals surface area contributed by atoms with Crippen LogP contribution >= 0.6 is 0 Å². The van der Waals surface area contributed by atoms with E-state index in [1.54, 1.807) is 19.2 Å². The van der Waals surface area contributed by atoms with Crippen LogP contribution in [-0.4, -0.2) is 49.3 Å². The summed E-state index contributed by atoms with van der Waals surface area (Å²) in [6.07, 6.45) is 0. The number of nitrogens with zero attached hydrogens (tertiary/aromatic N) is 1. The summed E-state index contributed by atoms with van der Waals surface area (Å²) in [6.45, 7) is 2.60. The Hall–Kier alpha value is -1.75. The van der Waals surface area contributed by atoms with E-state index in [-0.39, 0.29) is 19.1 Å². The highest BCUT2D eigenvalue weighted by Crippen LogP contribution is 2.26. The second-order valence-electron chi connectivity index (χ2n) is 3.71. The summed E-state index contributed by atoms with van der Waals surface area (Å²) in [5.74, 6) is 0.984. The van der Waals surface area contributed by atoms with Crippen molar-refractivity contribution in [3.63, 3.8) is 0 Å². The number of amides is 1. The molecule has 5 nitrogen and oxygen atoms in total. The zero-order valence-electron chi connectivity index (χ0n) is 10.8. The van der Waals surface area contributed by atoms with Crippen LogP contribution in [0.4, 0.5) is 0 Å². The standard InChI is InChI=1S/C13H19NO4/c1-3-17-11-6-4-5-7-12(11)18-10-13(16)14(2)8-9-15/h4-7,15H,3,8-10H2,1-2H3. The summed E-state index contributed by atoms with van der Waals surface area (Å²) in [4.78, 5) is 13.0. The smallest absolute Gasteiger partial charge is 0.260 e. The van der Waals surface area contributed by atoms with E-state index in [0.717, 1.165) is 0 Å². The van der Waals surface area contributed by atoms with E-state index < -0.39 is 0 Å². The van der Waals surface area contributed by atoms with Gasteiger partial charge in [-0.3, -0.25) is 4.79 Å². The number of aliphatic hydroxyl groups excluding tert-OH is 1. The molecule has 0 fully saturated rings. The number of aliphatic hydroxyl groups is 1. The highest BCUT2D eigenvalue weighted by atomic mass is 16.5. The molecule has 0 aromatic heterocycles. The molecular weight excluding hydrogens is 234 g/mol. The number of rotatable bonds is 7. The Morgan fingerprint density at radius 2 is 1.89 bits per heavy atom. The fourth-order valence-electron chi connectivity index (χ4n) is 1.37. The van der Waals surface area contributed by atoms with Crippen molar-refractivity contribution in [2.45, 2.75) is 6.92 Å². The van der Waals surface area contributed by atoms with E-state index in [1.807, 2.05) is 19.1 Å². The number of carbonyl (C=O) groups is 1. The van der Waals surface area contributed by atoms with Crippen molar-refractivity contribution >= 4 is 5.91 Å². The SMILES string of the molecule is CCOc1ccccc1OCC(=O)N(C)CCO. The van der Waals surface area contributed by atoms with E-state index in [2.05, 4.69) is 0 Å². The summed E-state index contributed by atoms with van der Waals surface area (Å²) < 4.78 is 10.8. The van der Waals surface area contributed by atoms with Crippen LogP contribution in [-0.2, 0) is 4.79 Å². The van der Waals surface area contributed by atoms with E-state index >= 15 is 0 Å². The van der Waals surface area contributed by atoms with Crippen LogP contribution in [0.3, 0.4) is 0 Å². The van der Waals surface area contributed by atoms with Crippen molar-refractivity contribution < 1.29 is 19.4 Å². The molecule has 1 amide bonds. The Bertz CT molecular complexity index is 381. The number of likely N-dealkylation sites (N-methyl/N-ethyl adjacent to an activating group) is 1. The molecule has 0 aliphatic rings. The minimum atomic E-state index is -0.185. The molecule has 0 aliphatic carbocycles. The van der Waals surface area contributed by atoms with Crippen molar-refractivity contribution in [1.29, 1.82) is 0 Å². The third kappa shape index (κ3) is 4.25. The van der Waals surface area contributed by atoms with E-state index in [1.165, 1.54) is 4.90 Å². The molecule has 18 heavy (non-hydrogen) atoms. The lowest BCUT2D eigenvalue weighted by molar-refractivity contribution is -0.132. The van der Waals surface area contributed by atoms with Gasteiger partial charge in [0.1, 0.15) is 0 Å². The molecule has 1 rings (SSSR count). The van der Waals surface area contributed by atoms with Gasteiger partial charge in [0.15, 0.2) is 18.1 Å². The molecule has 5 heteroatoms. The molecule has 1 N–H and O–H groups in total. The van der Waals surface area contributed by atoms with Crippen LogP contribution in [0.2, 0.25) is 0 Å². The van der Waals surface area contributed by atoms with Crippen molar-refractivity contribution in [2.24, 2.45) is 0 Å². The molecule has 1 aromatic rings. The fraction of sp³-hybridized carbons (Fsp3) is 0.462. The second-order valence-corrected chi connectivity index (χ2v) is 3.71. The summed E-state index contributed by atoms with van der Waals surface area (Å²) in [5, 5.41) is 8.73. The lowest BCUT2D eigenvalue weighted by Crippen LogP contribution is -2.33. The second kappa shape index (κ2) is 7.55. The molecule has 0 atom stereocenters. The lowest BCUT2D eigenvalue weighted by Gasteiger charge is -2.17. The predicted octanol–water partition coefficient (Wildman–Crippen LogP) is 0.915. The first kappa shape index (κ1) is 14.3. The Kier molecular flexibility index (Phi) is 6.00. The van der Waals surface area contributed by atoms with Crippen molar-refractivity contribution in [3.8, 4) is 11.5 Å². The lowest BCUT2D eigenvalue weighted by atomic mass is 10.3. The highest BCUT2D eigenvalue weighted by molar-refractivity contribution is 5.77. The van der Waals surface area contributed by atoms with Gasteiger partial charge in [-0.05, 0) is 19.1 Å². The van der Waals surface area contributed by atoms with Gasteiger partial charge >= 0.3 is 0 Å². The topological polar surface area (TPSA) is 59.0 Å². The van der Waals surface area contributed by atoms with Gasteiger partial charge in [0, 0.05) is 13.6 Å². The minimum absolute atomic E-state index is 0.0578. The zero-order valence-corrected chi connectivity index (χ0v) is 10.8. The monoisotopic (exact) mass is 253 g/mol. The quantitative estimate of drug-likeness (QED) is 0.785. The van der Waals surface area contributed by atoms with Gasteiger partial charge in [-0.25, -0.2) is 0 Å². The average Bonchev–Trinajstić information content (AvgIpc) is 2.38. The normalized spacial score (nSPS) is 9.94. The molecule has 0 bridgehead atoms. The Morgan fingerprint density at radius 3 is 2.44 bits per heavy atom. The predicted molar refractivity (Wildman–Crippen MR) is 67.8 cm³/mol. The Balaban J connectivity index is 2.55. The Morgan fingerprint density at radius 1 is 1.28 bits per heavy atom. The first-order valence-corrected chi connectivity index (χ1v) is 5.88. The molecule has 0 unspecified atom stereocenters. The van der Waals surface area contributed by atoms with Crippen LogP contribution in [0.1, 0.15) is 6.92 Å². The van der Waals surface area contributed by atoms with Gasteiger partial charge in [-0.15, -0.1) is 0 Å². The van der Waals surface area contributed by atoms with E-state index in [0.29, 0.717) is 24.7 Å². The maximum Gasteiger partial charge on any atom is 0.260 e. The molecule has 100 valence electrons. The third-order valence-corrected chi connectivity index (χ3v) is 2.36. The summed E-state index contributed by atoms with van der Waals surface area (Å²) in [5.41, 5.74) is 0. The molecule has 0 aliphatic heterocycles. The van der Waals surface area contributed by atoms with Crippen LogP contribution in [0.25, 0.3) is 0 Å². The molecule has 0 radical (unpaired) electrons. The molecule has 1 aromatic carbocycles. The highest BCUT2D eigenvalue weighted by Gasteiger charge is 2.10. The number of carbonyl (C=O) groups excluding carboxylic acids is 1. The fourth-order valence-corrected chi connectivity index (χ4v) is 1.37. The largest absolute Gasteiger partial charge is 0.490 e. The minimum Gasteiger partial charge on any atom is -0.490 e. The average molecular weight is 253 g/mol. The molecule has 0 saturated carbocycles. The van der Waals surface area contributed by atoms with Crippen LogP contribution in [0, 0.1) is 0 Å².